The number of methoxy groups -OCH3 is 1. The maximum absolute atomic E-state index is 11.0. The van der Waals surface area contributed by atoms with Crippen molar-refractivity contribution < 1.29 is 19.4 Å². The van der Waals surface area contributed by atoms with Gasteiger partial charge in [0.25, 0.3) is 0 Å². The molecule has 0 saturated heterocycles. The van der Waals surface area contributed by atoms with Gasteiger partial charge in [-0.15, -0.1) is 12.4 Å². The van der Waals surface area contributed by atoms with Gasteiger partial charge in [0.15, 0.2) is 0 Å². The molecule has 1 aromatic rings. The highest BCUT2D eigenvalue weighted by Gasteiger charge is 2.04. The first-order valence-electron chi connectivity index (χ1n) is 5.32. The quantitative estimate of drug-likeness (QED) is 0.740. The number of carbonyl (C=O) groups excluding carboxylic acids is 1. The van der Waals surface area contributed by atoms with Crippen LogP contribution < -0.4 is 10.5 Å². The van der Waals surface area contributed by atoms with Crippen LogP contribution in [0.3, 0.4) is 0 Å². The van der Waals surface area contributed by atoms with Gasteiger partial charge in [-0.05, 0) is 17.7 Å². The normalized spacial score (nSPS) is 11.3. The van der Waals surface area contributed by atoms with Crippen LogP contribution in [0, 0.1) is 0 Å². The molecule has 0 aliphatic heterocycles. The summed E-state index contributed by atoms with van der Waals surface area (Å²) in [5.74, 6) is 0.350. The highest BCUT2D eigenvalue weighted by Crippen LogP contribution is 2.13. The minimum atomic E-state index is -0.662. The Hall–Kier alpha value is -1.30. The summed E-state index contributed by atoms with van der Waals surface area (Å²) in [5, 5.41) is 9.21. The van der Waals surface area contributed by atoms with Crippen molar-refractivity contribution in [2.24, 2.45) is 5.73 Å². The molecule has 18 heavy (non-hydrogen) atoms. The van der Waals surface area contributed by atoms with Gasteiger partial charge in [0.1, 0.15) is 18.5 Å². The number of esters is 1. The lowest BCUT2D eigenvalue weighted by Crippen LogP contribution is -2.26. The summed E-state index contributed by atoms with van der Waals surface area (Å²) in [6.07, 6.45) is -0.424. The van der Waals surface area contributed by atoms with Gasteiger partial charge in [-0.2, -0.15) is 0 Å². The summed E-state index contributed by atoms with van der Waals surface area (Å²) in [4.78, 5) is 11.0. The zero-order valence-electron chi connectivity index (χ0n) is 10.2. The number of carbonyl (C=O) groups is 1. The summed E-state index contributed by atoms with van der Waals surface area (Å²) < 4.78 is 9.86. The molecule has 1 rings (SSSR count). The minimum absolute atomic E-state index is 0. The lowest BCUT2D eigenvalue weighted by Gasteiger charge is -2.10. The molecule has 0 spiro atoms. The highest BCUT2D eigenvalue weighted by molar-refractivity contribution is 5.85. The van der Waals surface area contributed by atoms with Crippen LogP contribution in [0.15, 0.2) is 24.3 Å². The molecule has 0 bridgehead atoms. The van der Waals surface area contributed by atoms with Crippen molar-refractivity contribution in [2.75, 3.05) is 20.3 Å². The SMILES string of the molecule is COC(=O)Cc1ccc(OCC(O)CN)cc1.Cl. The number of ether oxygens (including phenoxy) is 2. The average molecular weight is 276 g/mol. The minimum Gasteiger partial charge on any atom is -0.491 e. The molecule has 0 fully saturated rings. The molecular formula is C12H18ClNO4. The Morgan fingerprint density at radius 3 is 2.50 bits per heavy atom. The highest BCUT2D eigenvalue weighted by atomic mass is 35.5. The number of hydrogen-bond donors (Lipinski definition) is 2. The smallest absolute Gasteiger partial charge is 0.309 e. The third-order valence-electron chi connectivity index (χ3n) is 2.21. The van der Waals surface area contributed by atoms with E-state index in [1.165, 1.54) is 7.11 Å². The van der Waals surface area contributed by atoms with Crippen LogP contribution in [0.25, 0.3) is 0 Å². The summed E-state index contributed by atoms with van der Waals surface area (Å²) in [5.41, 5.74) is 6.10. The number of rotatable bonds is 6. The third kappa shape index (κ3) is 5.86. The Balaban J connectivity index is 0.00000289. The molecule has 0 radical (unpaired) electrons. The van der Waals surface area contributed by atoms with E-state index < -0.39 is 6.10 Å². The van der Waals surface area contributed by atoms with Crippen molar-refractivity contribution in [1.82, 2.24) is 0 Å². The first-order valence-corrected chi connectivity index (χ1v) is 5.32. The van der Waals surface area contributed by atoms with Crippen molar-refractivity contribution in [3.8, 4) is 5.75 Å². The van der Waals surface area contributed by atoms with Crippen LogP contribution in [0.1, 0.15) is 5.56 Å². The Kier molecular flexibility index (Phi) is 8.11. The molecule has 1 atom stereocenters. The van der Waals surface area contributed by atoms with Gasteiger partial charge in [0, 0.05) is 6.54 Å². The molecule has 102 valence electrons. The molecule has 1 aromatic carbocycles. The van der Waals surface area contributed by atoms with Gasteiger partial charge in [0.05, 0.1) is 13.5 Å². The first kappa shape index (κ1) is 16.7. The van der Waals surface area contributed by atoms with E-state index in [0.717, 1.165) is 5.56 Å². The van der Waals surface area contributed by atoms with Crippen LogP contribution in [-0.4, -0.2) is 37.4 Å². The fourth-order valence-corrected chi connectivity index (χ4v) is 1.20. The molecule has 6 heteroatoms. The average Bonchev–Trinajstić information content (AvgIpc) is 2.37. The number of nitrogens with two attached hydrogens (primary N) is 1. The third-order valence-corrected chi connectivity index (χ3v) is 2.21. The number of benzene rings is 1. The summed E-state index contributed by atoms with van der Waals surface area (Å²) >= 11 is 0. The number of halogens is 1. The summed E-state index contributed by atoms with van der Waals surface area (Å²) in [7, 11) is 1.36. The topological polar surface area (TPSA) is 81.8 Å². The van der Waals surface area contributed by atoms with Crippen LogP contribution in [0.4, 0.5) is 0 Å². The molecule has 1 unspecified atom stereocenters. The Morgan fingerprint density at radius 2 is 2.00 bits per heavy atom. The lowest BCUT2D eigenvalue weighted by molar-refractivity contribution is -0.139. The van der Waals surface area contributed by atoms with Gasteiger partial charge < -0.3 is 20.3 Å². The zero-order chi connectivity index (χ0) is 12.7. The maximum atomic E-state index is 11.0. The van der Waals surface area contributed by atoms with E-state index in [-0.39, 0.29) is 37.9 Å². The number of hydrogen-bond acceptors (Lipinski definition) is 5. The molecule has 0 heterocycles. The van der Waals surface area contributed by atoms with E-state index in [4.69, 9.17) is 10.5 Å². The zero-order valence-corrected chi connectivity index (χ0v) is 11.0. The van der Waals surface area contributed by atoms with Crippen molar-refractivity contribution in [3.05, 3.63) is 29.8 Å². The van der Waals surface area contributed by atoms with E-state index in [1.807, 2.05) is 0 Å². The predicted octanol–water partition coefficient (Wildman–Crippen LogP) is 0.522. The molecule has 0 aliphatic rings. The second-order valence-corrected chi connectivity index (χ2v) is 3.60. The summed E-state index contributed by atoms with van der Waals surface area (Å²) in [6, 6.07) is 7.03. The maximum Gasteiger partial charge on any atom is 0.309 e. The van der Waals surface area contributed by atoms with E-state index in [0.29, 0.717) is 5.75 Å². The monoisotopic (exact) mass is 275 g/mol. The van der Waals surface area contributed by atoms with Crippen LogP contribution in [-0.2, 0) is 16.0 Å². The Bertz CT molecular complexity index is 356. The van der Waals surface area contributed by atoms with E-state index in [2.05, 4.69) is 4.74 Å². The molecule has 3 N–H and O–H groups in total. The van der Waals surface area contributed by atoms with Crippen LogP contribution >= 0.6 is 12.4 Å². The van der Waals surface area contributed by atoms with Gasteiger partial charge in [-0.25, -0.2) is 0 Å². The second-order valence-electron chi connectivity index (χ2n) is 3.60. The number of aliphatic hydroxyl groups excluding tert-OH is 1. The van der Waals surface area contributed by atoms with Crippen LogP contribution in [0.2, 0.25) is 0 Å². The van der Waals surface area contributed by atoms with E-state index in [9.17, 15) is 9.90 Å². The summed E-state index contributed by atoms with van der Waals surface area (Å²) in [6.45, 7) is 0.327. The molecular weight excluding hydrogens is 258 g/mol. The molecule has 0 aliphatic carbocycles. The van der Waals surface area contributed by atoms with Crippen LogP contribution in [0.5, 0.6) is 5.75 Å². The molecule has 0 aromatic heterocycles. The molecule has 5 nitrogen and oxygen atoms in total. The van der Waals surface area contributed by atoms with Crippen molar-refractivity contribution in [2.45, 2.75) is 12.5 Å². The largest absolute Gasteiger partial charge is 0.491 e. The second kappa shape index (κ2) is 8.74. The Labute approximate surface area is 112 Å². The molecule has 0 saturated carbocycles. The Morgan fingerprint density at radius 1 is 1.39 bits per heavy atom. The van der Waals surface area contributed by atoms with Crippen molar-refractivity contribution in [3.63, 3.8) is 0 Å². The van der Waals surface area contributed by atoms with Gasteiger partial charge in [-0.1, -0.05) is 12.1 Å². The van der Waals surface area contributed by atoms with Gasteiger partial charge in [0.2, 0.25) is 0 Å². The number of aliphatic hydroxyl groups is 1. The van der Waals surface area contributed by atoms with Crippen molar-refractivity contribution >= 4 is 18.4 Å². The fourth-order valence-electron chi connectivity index (χ4n) is 1.20. The standard InChI is InChI=1S/C12H17NO4.ClH/c1-16-12(15)6-9-2-4-11(5-3-9)17-8-10(14)7-13;/h2-5,10,14H,6-8,13H2,1H3;1H. The van der Waals surface area contributed by atoms with Gasteiger partial charge in [-0.3, -0.25) is 4.79 Å². The van der Waals surface area contributed by atoms with Crippen molar-refractivity contribution in [1.29, 1.82) is 0 Å². The first-order chi connectivity index (χ1) is 8.15. The molecule has 0 amide bonds. The lowest BCUT2D eigenvalue weighted by atomic mass is 10.1. The predicted molar refractivity (Wildman–Crippen MR) is 70.0 cm³/mol. The fraction of sp³-hybridized carbons (Fsp3) is 0.417. The van der Waals surface area contributed by atoms with Gasteiger partial charge >= 0.3 is 5.97 Å². The van der Waals surface area contributed by atoms with E-state index >= 15 is 0 Å². The van der Waals surface area contributed by atoms with E-state index in [1.54, 1.807) is 24.3 Å².